The Morgan fingerprint density at radius 1 is 1.15 bits per heavy atom. The van der Waals surface area contributed by atoms with Gasteiger partial charge in [0.2, 0.25) is 0 Å². The molecule has 1 saturated heterocycles. The zero-order chi connectivity index (χ0) is 24.0. The SMILES string of the molecule is COc1ccc(C(=O)CN2CCN(c3cc4c(cc3F)c(=O)c(C)cn4C3CC3)CC2)c(O)c1. The van der Waals surface area contributed by atoms with Crippen LogP contribution in [0.15, 0.2) is 41.3 Å². The van der Waals surface area contributed by atoms with Gasteiger partial charge in [-0.15, -0.1) is 0 Å². The summed E-state index contributed by atoms with van der Waals surface area (Å²) in [6.07, 6.45) is 4.03. The first-order chi connectivity index (χ1) is 16.4. The van der Waals surface area contributed by atoms with Crippen molar-refractivity contribution < 1.29 is 19.0 Å². The fraction of sp³-hybridized carbons (Fsp3) is 0.385. The van der Waals surface area contributed by atoms with E-state index in [1.54, 1.807) is 25.1 Å². The number of phenolic OH excluding ortho intramolecular Hbond substituents is 1. The van der Waals surface area contributed by atoms with Crippen molar-refractivity contribution in [3.8, 4) is 11.5 Å². The minimum Gasteiger partial charge on any atom is -0.507 e. The van der Waals surface area contributed by atoms with Crippen LogP contribution in [0.25, 0.3) is 10.9 Å². The molecule has 2 aliphatic rings. The molecule has 0 spiro atoms. The number of Topliss-reactive ketones (excluding diaryl/α,β-unsaturated/α-hetero) is 1. The predicted octanol–water partition coefficient (Wildman–Crippen LogP) is 3.50. The predicted molar refractivity (Wildman–Crippen MR) is 129 cm³/mol. The van der Waals surface area contributed by atoms with E-state index < -0.39 is 5.82 Å². The average Bonchev–Trinajstić information content (AvgIpc) is 3.67. The molecule has 2 heterocycles. The normalized spacial score (nSPS) is 16.7. The highest BCUT2D eigenvalue weighted by molar-refractivity contribution is 6.00. The summed E-state index contributed by atoms with van der Waals surface area (Å²) in [6, 6.07) is 8.20. The lowest BCUT2D eigenvalue weighted by molar-refractivity contribution is 0.0923. The van der Waals surface area contributed by atoms with Gasteiger partial charge < -0.3 is 19.3 Å². The van der Waals surface area contributed by atoms with Crippen LogP contribution in [0.5, 0.6) is 11.5 Å². The van der Waals surface area contributed by atoms with Crippen molar-refractivity contribution in [3.05, 3.63) is 63.7 Å². The lowest BCUT2D eigenvalue weighted by Crippen LogP contribution is -2.48. The molecule has 5 rings (SSSR count). The van der Waals surface area contributed by atoms with Crippen LogP contribution in [0.1, 0.15) is 34.8 Å². The van der Waals surface area contributed by atoms with Crippen molar-refractivity contribution in [3.63, 3.8) is 0 Å². The fourth-order valence-corrected chi connectivity index (χ4v) is 4.70. The first-order valence-electron chi connectivity index (χ1n) is 11.6. The molecule has 2 fully saturated rings. The fourth-order valence-electron chi connectivity index (χ4n) is 4.70. The third-order valence-corrected chi connectivity index (χ3v) is 6.80. The summed E-state index contributed by atoms with van der Waals surface area (Å²) >= 11 is 0. The number of halogens is 1. The number of aryl methyl sites for hydroxylation is 1. The smallest absolute Gasteiger partial charge is 0.192 e. The number of nitrogens with zero attached hydrogens (tertiary/aromatic N) is 3. The second kappa shape index (κ2) is 8.76. The van der Waals surface area contributed by atoms with Gasteiger partial charge in [0, 0.05) is 55.4 Å². The molecule has 178 valence electrons. The Labute approximate surface area is 197 Å². The summed E-state index contributed by atoms with van der Waals surface area (Å²) < 4.78 is 22.3. The maximum absolute atomic E-state index is 15.1. The Hall–Kier alpha value is -3.39. The van der Waals surface area contributed by atoms with E-state index in [2.05, 4.69) is 4.57 Å². The van der Waals surface area contributed by atoms with Crippen molar-refractivity contribution in [2.45, 2.75) is 25.8 Å². The number of aromatic hydroxyl groups is 1. The molecule has 0 radical (unpaired) electrons. The highest BCUT2D eigenvalue weighted by atomic mass is 19.1. The number of pyridine rings is 1. The molecule has 7 nitrogen and oxygen atoms in total. The number of carbonyl (C=O) groups excluding carboxylic acids is 1. The molecule has 1 saturated carbocycles. The number of ether oxygens (including phenoxy) is 1. The van der Waals surface area contributed by atoms with Crippen LogP contribution in [0, 0.1) is 12.7 Å². The zero-order valence-corrected chi connectivity index (χ0v) is 19.4. The van der Waals surface area contributed by atoms with Crippen LogP contribution in [0.2, 0.25) is 0 Å². The van der Waals surface area contributed by atoms with Crippen LogP contribution in [-0.2, 0) is 0 Å². The van der Waals surface area contributed by atoms with Gasteiger partial charge in [-0.2, -0.15) is 0 Å². The third-order valence-electron chi connectivity index (χ3n) is 6.80. The number of benzene rings is 2. The van der Waals surface area contributed by atoms with Crippen molar-refractivity contribution >= 4 is 22.4 Å². The molecular weight excluding hydrogens is 437 g/mol. The lowest BCUT2D eigenvalue weighted by Gasteiger charge is -2.36. The Balaban J connectivity index is 1.32. The number of phenols is 1. The van der Waals surface area contributed by atoms with E-state index in [-0.39, 0.29) is 29.1 Å². The molecule has 0 amide bonds. The number of ketones is 1. The number of methoxy groups -OCH3 is 1. The summed E-state index contributed by atoms with van der Waals surface area (Å²) in [5.41, 5.74) is 2.04. The largest absolute Gasteiger partial charge is 0.507 e. The molecule has 34 heavy (non-hydrogen) atoms. The van der Waals surface area contributed by atoms with Gasteiger partial charge in [-0.25, -0.2) is 4.39 Å². The van der Waals surface area contributed by atoms with Crippen LogP contribution in [-0.4, -0.2) is 60.2 Å². The van der Waals surface area contributed by atoms with Gasteiger partial charge in [0.25, 0.3) is 0 Å². The number of hydrogen-bond donors (Lipinski definition) is 1. The third kappa shape index (κ3) is 4.14. The van der Waals surface area contributed by atoms with Crippen LogP contribution >= 0.6 is 0 Å². The van der Waals surface area contributed by atoms with Crippen LogP contribution in [0.3, 0.4) is 0 Å². The van der Waals surface area contributed by atoms with E-state index in [9.17, 15) is 14.7 Å². The maximum atomic E-state index is 15.1. The number of rotatable bonds is 6. The maximum Gasteiger partial charge on any atom is 0.192 e. The van der Waals surface area contributed by atoms with Gasteiger partial charge in [0.1, 0.15) is 17.3 Å². The second-order valence-corrected chi connectivity index (χ2v) is 9.17. The topological polar surface area (TPSA) is 75.0 Å². The van der Waals surface area contributed by atoms with Gasteiger partial charge >= 0.3 is 0 Å². The number of anilines is 1. The standard InChI is InChI=1S/C26H28FN3O4/c1-16-14-30(17-3-4-17)22-13-23(21(27)12-20(22)26(16)33)29-9-7-28(8-10-29)15-25(32)19-6-5-18(34-2)11-24(19)31/h5-6,11-14,17,31H,3-4,7-10,15H2,1-2H3. The van der Waals surface area contributed by atoms with E-state index >= 15 is 4.39 Å². The Morgan fingerprint density at radius 2 is 1.88 bits per heavy atom. The molecule has 1 aliphatic heterocycles. The van der Waals surface area contributed by atoms with Crippen molar-refractivity contribution in [2.75, 3.05) is 44.7 Å². The number of aromatic nitrogens is 1. The summed E-state index contributed by atoms with van der Waals surface area (Å²) in [5.74, 6) is -0.181. The van der Waals surface area contributed by atoms with E-state index in [4.69, 9.17) is 4.74 Å². The number of piperazine rings is 1. The molecule has 3 aromatic rings. The van der Waals surface area contributed by atoms with Gasteiger partial charge in [-0.3, -0.25) is 14.5 Å². The van der Waals surface area contributed by atoms with Gasteiger partial charge in [0.15, 0.2) is 11.2 Å². The van der Waals surface area contributed by atoms with Gasteiger partial charge in [-0.05, 0) is 44.0 Å². The molecule has 0 atom stereocenters. The van der Waals surface area contributed by atoms with Crippen LogP contribution < -0.4 is 15.1 Å². The molecule has 0 bridgehead atoms. The van der Waals surface area contributed by atoms with Gasteiger partial charge in [0.05, 0.1) is 30.4 Å². The van der Waals surface area contributed by atoms with Crippen molar-refractivity contribution in [1.29, 1.82) is 0 Å². The first kappa shape index (κ1) is 22.4. The second-order valence-electron chi connectivity index (χ2n) is 9.17. The number of fused-ring (bicyclic) bond motifs is 1. The quantitative estimate of drug-likeness (QED) is 0.562. The molecule has 8 heteroatoms. The highest BCUT2D eigenvalue weighted by Gasteiger charge is 2.27. The van der Waals surface area contributed by atoms with Gasteiger partial charge in [-0.1, -0.05) is 0 Å². The monoisotopic (exact) mass is 465 g/mol. The summed E-state index contributed by atoms with van der Waals surface area (Å²) in [5, 5.41) is 10.6. The Bertz CT molecular complexity index is 1320. The van der Waals surface area contributed by atoms with E-state index in [0.717, 1.165) is 18.4 Å². The minimum atomic E-state index is -0.398. The van der Waals surface area contributed by atoms with Crippen LogP contribution in [0.4, 0.5) is 10.1 Å². The first-order valence-corrected chi connectivity index (χ1v) is 11.6. The minimum absolute atomic E-state index is 0.0989. The molecule has 1 N–H and O–H groups in total. The molecule has 1 aromatic heterocycles. The Morgan fingerprint density at radius 3 is 2.53 bits per heavy atom. The van der Waals surface area contributed by atoms with Crippen molar-refractivity contribution in [2.24, 2.45) is 0 Å². The molecular formula is C26H28FN3O4. The van der Waals surface area contributed by atoms with E-state index in [0.29, 0.717) is 54.6 Å². The Kier molecular flexibility index (Phi) is 5.77. The van der Waals surface area contributed by atoms with E-state index in [1.807, 2.05) is 16.0 Å². The van der Waals surface area contributed by atoms with E-state index in [1.165, 1.54) is 19.2 Å². The lowest BCUT2D eigenvalue weighted by atomic mass is 10.1. The summed E-state index contributed by atoms with van der Waals surface area (Å²) in [4.78, 5) is 29.3. The highest BCUT2D eigenvalue weighted by Crippen LogP contribution is 2.38. The summed E-state index contributed by atoms with van der Waals surface area (Å²) in [6.45, 7) is 4.24. The molecule has 2 aromatic carbocycles. The zero-order valence-electron chi connectivity index (χ0n) is 19.4. The number of hydrogen-bond acceptors (Lipinski definition) is 6. The molecule has 1 aliphatic carbocycles. The molecule has 0 unspecified atom stereocenters. The van der Waals surface area contributed by atoms with Crippen molar-refractivity contribution in [1.82, 2.24) is 9.47 Å². The average molecular weight is 466 g/mol. The summed E-state index contributed by atoms with van der Waals surface area (Å²) in [7, 11) is 1.50. The number of carbonyl (C=O) groups is 1.